The first-order valence-electron chi connectivity index (χ1n) is 7.74. The van der Waals surface area contributed by atoms with Crippen LogP contribution < -0.4 is 0 Å². The number of benzene rings is 1. The number of H-pyrrole nitrogens is 1. The molecule has 0 amide bonds. The van der Waals surface area contributed by atoms with Gasteiger partial charge in [0.05, 0.1) is 10.7 Å². The van der Waals surface area contributed by atoms with Crippen LogP contribution in [0.5, 0.6) is 0 Å². The molecule has 0 fully saturated rings. The van der Waals surface area contributed by atoms with Gasteiger partial charge in [-0.05, 0) is 41.3 Å². The first-order valence-corrected chi connectivity index (χ1v) is 9.06. The van der Waals surface area contributed by atoms with Gasteiger partial charge in [-0.2, -0.15) is 11.3 Å². The molecule has 0 aliphatic rings. The van der Waals surface area contributed by atoms with E-state index in [0.29, 0.717) is 17.5 Å². The van der Waals surface area contributed by atoms with E-state index < -0.39 is 11.8 Å². The third kappa shape index (κ3) is 2.98. The molecule has 3 heterocycles. The third-order valence-corrected chi connectivity index (χ3v) is 5.11. The van der Waals surface area contributed by atoms with Gasteiger partial charge in [-0.25, -0.2) is 14.2 Å². The second-order valence-corrected chi connectivity index (χ2v) is 6.99. The van der Waals surface area contributed by atoms with Crippen molar-refractivity contribution in [2.75, 3.05) is 0 Å². The second-order valence-electron chi connectivity index (χ2n) is 5.80. The Hall–Kier alpha value is -2.70. The van der Waals surface area contributed by atoms with Crippen molar-refractivity contribution in [2.24, 2.45) is 0 Å². The summed E-state index contributed by atoms with van der Waals surface area (Å²) in [6.45, 7) is 0. The number of hydrogen-bond donors (Lipinski definition) is 2. The van der Waals surface area contributed by atoms with Gasteiger partial charge in [0.25, 0.3) is 0 Å². The Morgan fingerprint density at radius 1 is 1.31 bits per heavy atom. The first-order chi connectivity index (χ1) is 12.5. The minimum atomic E-state index is -1.08. The minimum absolute atomic E-state index is 0.0198. The van der Waals surface area contributed by atoms with E-state index in [1.165, 1.54) is 12.1 Å². The van der Waals surface area contributed by atoms with Crippen LogP contribution in [0.2, 0.25) is 5.02 Å². The van der Waals surface area contributed by atoms with Crippen molar-refractivity contribution in [3.8, 4) is 11.3 Å². The normalized spacial score (nSPS) is 11.2. The number of aromatic carboxylic acids is 1. The van der Waals surface area contributed by atoms with Gasteiger partial charge in [-0.1, -0.05) is 17.7 Å². The van der Waals surface area contributed by atoms with Crippen molar-refractivity contribution >= 4 is 39.8 Å². The van der Waals surface area contributed by atoms with Crippen molar-refractivity contribution < 1.29 is 14.3 Å². The number of aromatic nitrogens is 2. The summed E-state index contributed by atoms with van der Waals surface area (Å²) in [4.78, 5) is 18.7. The topological polar surface area (TPSA) is 66.0 Å². The molecule has 130 valence electrons. The Labute approximate surface area is 156 Å². The van der Waals surface area contributed by atoms with Crippen molar-refractivity contribution in [3.63, 3.8) is 0 Å². The summed E-state index contributed by atoms with van der Waals surface area (Å²) >= 11 is 7.48. The number of pyridine rings is 1. The molecule has 4 rings (SSSR count). The number of rotatable bonds is 4. The van der Waals surface area contributed by atoms with E-state index in [-0.39, 0.29) is 10.7 Å². The SMILES string of the molecule is O=C(O)c1cccc(Cc2c(-c3ccsc3)[nH]c3cc(Cl)c(F)cc23)n1. The van der Waals surface area contributed by atoms with Gasteiger partial charge in [-0.15, -0.1) is 0 Å². The van der Waals surface area contributed by atoms with Crippen LogP contribution in [0.1, 0.15) is 21.7 Å². The molecule has 4 nitrogen and oxygen atoms in total. The molecule has 0 atom stereocenters. The van der Waals surface area contributed by atoms with Crippen molar-refractivity contribution in [2.45, 2.75) is 6.42 Å². The van der Waals surface area contributed by atoms with Crippen LogP contribution in [0.3, 0.4) is 0 Å². The molecule has 0 aliphatic heterocycles. The lowest BCUT2D eigenvalue weighted by molar-refractivity contribution is 0.0690. The highest BCUT2D eigenvalue weighted by molar-refractivity contribution is 7.08. The van der Waals surface area contributed by atoms with E-state index in [1.807, 2.05) is 16.8 Å². The quantitative estimate of drug-likeness (QED) is 0.495. The third-order valence-electron chi connectivity index (χ3n) is 4.14. The number of carbonyl (C=O) groups is 1. The lowest BCUT2D eigenvalue weighted by Gasteiger charge is -2.05. The number of thiophene rings is 1. The second kappa shape index (κ2) is 6.55. The number of carboxylic acid groups (broad SMARTS) is 1. The average Bonchev–Trinajstić information content (AvgIpc) is 3.25. The fourth-order valence-corrected chi connectivity index (χ4v) is 3.77. The van der Waals surface area contributed by atoms with E-state index >= 15 is 0 Å². The molecule has 0 aliphatic carbocycles. The van der Waals surface area contributed by atoms with Crippen LogP contribution in [0, 0.1) is 5.82 Å². The highest BCUT2D eigenvalue weighted by atomic mass is 35.5. The predicted molar refractivity (Wildman–Crippen MR) is 101 cm³/mol. The summed E-state index contributed by atoms with van der Waals surface area (Å²) in [5.74, 6) is -1.58. The van der Waals surface area contributed by atoms with Crippen LogP contribution in [-0.2, 0) is 6.42 Å². The monoisotopic (exact) mass is 386 g/mol. The highest BCUT2D eigenvalue weighted by Gasteiger charge is 2.17. The first kappa shape index (κ1) is 16.8. The number of nitrogens with one attached hydrogen (secondary N) is 1. The molecule has 1 aromatic carbocycles. The Kier molecular flexibility index (Phi) is 4.22. The maximum absolute atomic E-state index is 14.1. The maximum Gasteiger partial charge on any atom is 0.354 e. The summed E-state index contributed by atoms with van der Waals surface area (Å²) in [5.41, 5.74) is 3.98. The molecule has 3 aromatic heterocycles. The fourth-order valence-electron chi connectivity index (χ4n) is 2.96. The molecular weight excluding hydrogens is 375 g/mol. The molecule has 7 heteroatoms. The molecular formula is C19H12ClFN2O2S. The van der Waals surface area contributed by atoms with Gasteiger partial charge in [0.1, 0.15) is 11.5 Å². The maximum atomic E-state index is 14.1. The smallest absolute Gasteiger partial charge is 0.354 e. The van der Waals surface area contributed by atoms with Crippen LogP contribution >= 0.6 is 22.9 Å². The summed E-state index contributed by atoms with van der Waals surface area (Å²) < 4.78 is 14.1. The van der Waals surface area contributed by atoms with Crippen LogP contribution in [0.4, 0.5) is 4.39 Å². The molecule has 26 heavy (non-hydrogen) atoms. The molecule has 0 spiro atoms. The Morgan fingerprint density at radius 2 is 2.15 bits per heavy atom. The fraction of sp³-hybridized carbons (Fsp3) is 0.0526. The minimum Gasteiger partial charge on any atom is -0.477 e. The van der Waals surface area contributed by atoms with Crippen molar-refractivity contribution in [3.05, 3.63) is 74.9 Å². The largest absolute Gasteiger partial charge is 0.477 e. The average molecular weight is 387 g/mol. The van der Waals surface area contributed by atoms with Crippen LogP contribution in [0.15, 0.2) is 47.2 Å². The zero-order valence-corrected chi connectivity index (χ0v) is 14.9. The lowest BCUT2D eigenvalue weighted by Crippen LogP contribution is -2.03. The van der Waals surface area contributed by atoms with Gasteiger partial charge in [0.2, 0.25) is 0 Å². The number of hydrogen-bond acceptors (Lipinski definition) is 3. The molecule has 0 bridgehead atoms. The number of aromatic amines is 1. The molecule has 0 saturated heterocycles. The van der Waals surface area contributed by atoms with Gasteiger partial charge in [0.15, 0.2) is 0 Å². The molecule has 0 radical (unpaired) electrons. The van der Waals surface area contributed by atoms with E-state index in [4.69, 9.17) is 16.7 Å². The number of nitrogens with zero attached hydrogens (tertiary/aromatic N) is 1. The molecule has 0 saturated carbocycles. The number of carboxylic acids is 1. The number of fused-ring (bicyclic) bond motifs is 1. The van der Waals surface area contributed by atoms with Gasteiger partial charge >= 0.3 is 5.97 Å². The van der Waals surface area contributed by atoms with Gasteiger partial charge < -0.3 is 10.1 Å². The van der Waals surface area contributed by atoms with Crippen molar-refractivity contribution in [1.29, 1.82) is 0 Å². The highest BCUT2D eigenvalue weighted by Crippen LogP contribution is 2.35. The zero-order valence-electron chi connectivity index (χ0n) is 13.3. The van der Waals surface area contributed by atoms with Crippen LogP contribution in [0.25, 0.3) is 22.2 Å². The van der Waals surface area contributed by atoms with Gasteiger partial charge in [-0.3, -0.25) is 0 Å². The van der Waals surface area contributed by atoms with E-state index in [9.17, 15) is 9.18 Å². The van der Waals surface area contributed by atoms with Gasteiger partial charge in [0, 0.05) is 34.0 Å². The molecule has 4 aromatic rings. The summed E-state index contributed by atoms with van der Waals surface area (Å²) in [5, 5.41) is 13.9. The Bertz CT molecular complexity index is 1120. The summed E-state index contributed by atoms with van der Waals surface area (Å²) in [7, 11) is 0. The molecule has 2 N–H and O–H groups in total. The zero-order chi connectivity index (χ0) is 18.3. The molecule has 0 unspecified atom stereocenters. The van der Waals surface area contributed by atoms with Crippen molar-refractivity contribution in [1.82, 2.24) is 9.97 Å². The lowest BCUT2D eigenvalue weighted by atomic mass is 10.0. The van der Waals surface area contributed by atoms with E-state index in [1.54, 1.807) is 29.5 Å². The van der Waals surface area contributed by atoms with Crippen LogP contribution in [-0.4, -0.2) is 21.0 Å². The summed E-state index contributed by atoms with van der Waals surface area (Å²) in [6.07, 6.45) is 0.368. The summed E-state index contributed by atoms with van der Waals surface area (Å²) in [6, 6.07) is 9.79. The number of halogens is 2. The Balaban J connectivity index is 1.89. The van der Waals surface area contributed by atoms with E-state index in [2.05, 4.69) is 9.97 Å². The standard InChI is InChI=1S/C19H12ClFN2O2S/c20-14-8-17-12(7-15(14)21)13(18(23-17)10-4-5-26-9-10)6-11-2-1-3-16(22-11)19(24)25/h1-5,7-9,23H,6H2,(H,24,25). The predicted octanol–water partition coefficient (Wildman–Crippen LogP) is 5.37. The van der Waals surface area contributed by atoms with E-state index in [0.717, 1.165) is 22.3 Å². The Morgan fingerprint density at radius 3 is 2.88 bits per heavy atom.